The molecule has 3 nitrogen and oxygen atoms in total. The Bertz CT molecular complexity index is 357. The summed E-state index contributed by atoms with van der Waals surface area (Å²) in [5.41, 5.74) is 8.55. The fraction of sp³-hybridized carbons (Fsp3) is 0.625. The molecule has 0 aromatic heterocycles. The van der Waals surface area contributed by atoms with Crippen LogP contribution in [0.15, 0.2) is 24.3 Å². The van der Waals surface area contributed by atoms with Crippen LogP contribution in [0.25, 0.3) is 0 Å². The normalized spacial score (nSPS) is 13.1. The van der Waals surface area contributed by atoms with Crippen molar-refractivity contribution < 1.29 is 0 Å². The fourth-order valence-electron chi connectivity index (χ4n) is 2.44. The zero-order valence-electron chi connectivity index (χ0n) is 13.1. The van der Waals surface area contributed by atoms with Gasteiger partial charge < -0.3 is 10.6 Å². The molecule has 19 heavy (non-hydrogen) atoms. The van der Waals surface area contributed by atoms with Gasteiger partial charge in [-0.15, -0.1) is 0 Å². The molecule has 2 N–H and O–H groups in total. The maximum atomic E-state index is 6.00. The van der Waals surface area contributed by atoms with Crippen LogP contribution in [-0.2, 0) is 0 Å². The molecule has 0 aliphatic rings. The second-order valence-electron chi connectivity index (χ2n) is 5.72. The van der Waals surface area contributed by atoms with Gasteiger partial charge in [-0.3, -0.25) is 4.90 Å². The van der Waals surface area contributed by atoms with Gasteiger partial charge in [0.15, 0.2) is 0 Å². The van der Waals surface area contributed by atoms with E-state index >= 15 is 0 Å². The number of hydrogen-bond acceptors (Lipinski definition) is 3. The highest BCUT2D eigenvalue weighted by Crippen LogP contribution is 2.23. The number of rotatable bonds is 7. The molecule has 0 fully saturated rings. The first-order valence-corrected chi connectivity index (χ1v) is 7.21. The van der Waals surface area contributed by atoms with Crippen molar-refractivity contribution >= 4 is 5.69 Å². The third-order valence-electron chi connectivity index (χ3n) is 3.46. The van der Waals surface area contributed by atoms with Gasteiger partial charge in [-0.1, -0.05) is 32.9 Å². The van der Waals surface area contributed by atoms with Crippen LogP contribution in [0.5, 0.6) is 0 Å². The topological polar surface area (TPSA) is 32.5 Å². The second-order valence-corrected chi connectivity index (χ2v) is 5.72. The monoisotopic (exact) mass is 263 g/mol. The average Bonchev–Trinajstić information content (AvgIpc) is 2.38. The molecule has 1 aromatic rings. The first kappa shape index (κ1) is 16.0. The zero-order valence-corrected chi connectivity index (χ0v) is 13.1. The lowest BCUT2D eigenvalue weighted by Crippen LogP contribution is -2.36. The second kappa shape index (κ2) is 7.51. The maximum absolute atomic E-state index is 6.00. The van der Waals surface area contributed by atoms with E-state index in [0.29, 0.717) is 18.5 Å². The van der Waals surface area contributed by atoms with Gasteiger partial charge in [-0.25, -0.2) is 0 Å². The molecule has 1 unspecified atom stereocenters. The van der Waals surface area contributed by atoms with E-state index < -0.39 is 0 Å². The Morgan fingerprint density at radius 1 is 1.11 bits per heavy atom. The first-order valence-electron chi connectivity index (χ1n) is 7.21. The van der Waals surface area contributed by atoms with Crippen LogP contribution in [0.3, 0.4) is 0 Å². The minimum atomic E-state index is 0.323. The number of likely N-dealkylation sites (N-methyl/N-ethyl adjacent to an activating group) is 1. The molecule has 0 radical (unpaired) electrons. The Hall–Kier alpha value is -1.06. The molecular formula is C16H29N3. The maximum Gasteiger partial charge on any atom is 0.0470 e. The Labute approximate surface area is 118 Å². The summed E-state index contributed by atoms with van der Waals surface area (Å²) in [7, 11) is 4.12. The largest absolute Gasteiger partial charge is 0.378 e. The van der Waals surface area contributed by atoms with E-state index in [-0.39, 0.29) is 0 Å². The molecule has 0 aliphatic carbocycles. The molecular weight excluding hydrogens is 234 g/mol. The van der Waals surface area contributed by atoms with Crippen molar-refractivity contribution in [3.63, 3.8) is 0 Å². The van der Waals surface area contributed by atoms with Gasteiger partial charge in [-0.2, -0.15) is 0 Å². The van der Waals surface area contributed by atoms with Gasteiger partial charge in [0.1, 0.15) is 0 Å². The minimum Gasteiger partial charge on any atom is -0.378 e. The predicted octanol–water partition coefficient (Wildman–Crippen LogP) is 2.73. The van der Waals surface area contributed by atoms with Crippen molar-refractivity contribution in [2.75, 3.05) is 38.6 Å². The summed E-state index contributed by atoms with van der Waals surface area (Å²) in [5.74, 6) is 0.662. The van der Waals surface area contributed by atoms with E-state index in [1.807, 2.05) is 0 Å². The van der Waals surface area contributed by atoms with Crippen LogP contribution in [0.1, 0.15) is 32.4 Å². The Kier molecular flexibility index (Phi) is 6.32. The summed E-state index contributed by atoms with van der Waals surface area (Å²) in [6, 6.07) is 9.07. The van der Waals surface area contributed by atoms with Crippen LogP contribution in [0, 0.1) is 5.92 Å². The molecule has 1 atom stereocenters. The van der Waals surface area contributed by atoms with Crippen molar-refractivity contribution in [1.29, 1.82) is 0 Å². The standard InChI is InChI=1S/C16H29N3/c1-6-19(12-13(2)3)16(11-17)14-7-9-15(10-8-14)18(4)5/h7-10,13,16H,6,11-12,17H2,1-5H3. The zero-order chi connectivity index (χ0) is 14.4. The van der Waals surface area contributed by atoms with Crippen molar-refractivity contribution in [1.82, 2.24) is 4.90 Å². The molecule has 3 heteroatoms. The fourth-order valence-corrected chi connectivity index (χ4v) is 2.44. The summed E-state index contributed by atoms with van der Waals surface area (Å²) in [5, 5.41) is 0. The van der Waals surface area contributed by atoms with Crippen LogP contribution < -0.4 is 10.6 Å². The average molecular weight is 263 g/mol. The van der Waals surface area contributed by atoms with Crippen molar-refractivity contribution in [2.24, 2.45) is 11.7 Å². The first-order chi connectivity index (χ1) is 8.99. The molecule has 0 aliphatic heterocycles. The van der Waals surface area contributed by atoms with Gasteiger partial charge >= 0.3 is 0 Å². The van der Waals surface area contributed by atoms with E-state index in [0.717, 1.165) is 13.1 Å². The third kappa shape index (κ3) is 4.51. The lowest BCUT2D eigenvalue weighted by atomic mass is 10.0. The molecule has 1 rings (SSSR count). The highest BCUT2D eigenvalue weighted by molar-refractivity contribution is 5.46. The van der Waals surface area contributed by atoms with Gasteiger partial charge in [0, 0.05) is 38.9 Å². The summed E-state index contributed by atoms with van der Waals surface area (Å²) in [6.45, 7) is 9.52. The lowest BCUT2D eigenvalue weighted by molar-refractivity contribution is 0.189. The Morgan fingerprint density at radius 3 is 2.05 bits per heavy atom. The van der Waals surface area contributed by atoms with E-state index in [1.54, 1.807) is 0 Å². The molecule has 0 bridgehead atoms. The summed E-state index contributed by atoms with van der Waals surface area (Å²) in [6.07, 6.45) is 0. The van der Waals surface area contributed by atoms with Crippen molar-refractivity contribution in [3.05, 3.63) is 29.8 Å². The quantitative estimate of drug-likeness (QED) is 0.821. The smallest absolute Gasteiger partial charge is 0.0470 e. The van der Waals surface area contributed by atoms with Gasteiger partial charge in [-0.05, 0) is 30.2 Å². The van der Waals surface area contributed by atoms with E-state index in [4.69, 9.17) is 5.73 Å². The summed E-state index contributed by atoms with van der Waals surface area (Å²) < 4.78 is 0. The summed E-state index contributed by atoms with van der Waals surface area (Å²) >= 11 is 0. The van der Waals surface area contributed by atoms with Crippen molar-refractivity contribution in [2.45, 2.75) is 26.8 Å². The van der Waals surface area contributed by atoms with Crippen LogP contribution in [0.4, 0.5) is 5.69 Å². The Balaban J connectivity index is 2.88. The van der Waals surface area contributed by atoms with Crippen LogP contribution >= 0.6 is 0 Å². The number of benzene rings is 1. The molecule has 1 aromatic carbocycles. The highest BCUT2D eigenvalue weighted by Gasteiger charge is 2.18. The minimum absolute atomic E-state index is 0.323. The predicted molar refractivity (Wildman–Crippen MR) is 84.6 cm³/mol. The lowest BCUT2D eigenvalue weighted by Gasteiger charge is -2.31. The van der Waals surface area contributed by atoms with E-state index in [1.165, 1.54) is 11.3 Å². The molecule has 108 valence electrons. The van der Waals surface area contributed by atoms with Crippen LogP contribution in [-0.4, -0.2) is 38.6 Å². The SMILES string of the molecule is CCN(CC(C)C)C(CN)c1ccc(N(C)C)cc1. The number of nitrogens with zero attached hydrogens (tertiary/aromatic N) is 2. The number of nitrogens with two attached hydrogens (primary N) is 1. The van der Waals surface area contributed by atoms with Crippen molar-refractivity contribution in [3.8, 4) is 0 Å². The van der Waals surface area contributed by atoms with Crippen LogP contribution in [0.2, 0.25) is 0 Å². The number of anilines is 1. The van der Waals surface area contributed by atoms with E-state index in [2.05, 4.69) is 68.9 Å². The number of hydrogen-bond donors (Lipinski definition) is 1. The third-order valence-corrected chi connectivity index (χ3v) is 3.46. The summed E-state index contributed by atoms with van der Waals surface area (Å²) in [4.78, 5) is 4.59. The van der Waals surface area contributed by atoms with Gasteiger partial charge in [0.2, 0.25) is 0 Å². The molecule has 0 saturated carbocycles. The molecule has 0 saturated heterocycles. The van der Waals surface area contributed by atoms with Gasteiger partial charge in [0.25, 0.3) is 0 Å². The Morgan fingerprint density at radius 2 is 1.68 bits per heavy atom. The molecule has 0 heterocycles. The highest BCUT2D eigenvalue weighted by atomic mass is 15.2. The molecule has 0 amide bonds. The molecule has 0 spiro atoms. The van der Waals surface area contributed by atoms with Gasteiger partial charge in [0.05, 0.1) is 0 Å². The van der Waals surface area contributed by atoms with E-state index in [9.17, 15) is 0 Å².